The minimum absolute atomic E-state index is 0.184. The Morgan fingerprint density at radius 2 is 1.73 bits per heavy atom. The van der Waals surface area contributed by atoms with Crippen molar-refractivity contribution in [2.75, 3.05) is 32.2 Å². The van der Waals surface area contributed by atoms with Gasteiger partial charge in [0.05, 0.1) is 30.9 Å². The second kappa shape index (κ2) is 6.74. The Morgan fingerprint density at radius 3 is 2.19 bits per heavy atom. The maximum atomic E-state index is 12.7. The molecule has 2 saturated heterocycles. The molecule has 3 rings (SSSR count). The topological polar surface area (TPSA) is 62.2 Å². The zero-order valence-corrected chi connectivity index (χ0v) is 16.4. The fourth-order valence-corrected chi connectivity index (χ4v) is 3.89. The Kier molecular flexibility index (Phi) is 4.92. The van der Waals surface area contributed by atoms with Gasteiger partial charge in [-0.3, -0.25) is 4.90 Å². The summed E-state index contributed by atoms with van der Waals surface area (Å²) in [5.74, 6) is 0. The van der Waals surface area contributed by atoms with E-state index in [0.29, 0.717) is 26.1 Å². The lowest BCUT2D eigenvalue weighted by Gasteiger charge is -2.51. The molecule has 6 nitrogen and oxygen atoms in total. The molecule has 2 aliphatic heterocycles. The Hall–Kier alpha value is -1.79. The van der Waals surface area contributed by atoms with Crippen LogP contribution in [0.5, 0.6) is 0 Å². The van der Waals surface area contributed by atoms with Crippen molar-refractivity contribution in [1.29, 1.82) is 0 Å². The quantitative estimate of drug-likeness (QED) is 0.876. The van der Waals surface area contributed by atoms with Crippen LogP contribution in [-0.2, 0) is 15.1 Å². The summed E-state index contributed by atoms with van der Waals surface area (Å²) in [7, 11) is 3.98. The summed E-state index contributed by atoms with van der Waals surface area (Å²) in [6, 6.07) is 7.62. The minimum Gasteiger partial charge on any atom is -0.444 e. The number of morpholine rings is 1. The Labute approximate surface area is 155 Å². The molecule has 0 aliphatic carbocycles. The van der Waals surface area contributed by atoms with Crippen molar-refractivity contribution in [3.05, 3.63) is 29.8 Å². The van der Waals surface area contributed by atoms with E-state index in [0.717, 1.165) is 11.3 Å². The molecule has 26 heavy (non-hydrogen) atoms. The van der Waals surface area contributed by atoms with Crippen LogP contribution >= 0.6 is 0 Å². The third-order valence-corrected chi connectivity index (χ3v) is 5.08. The first-order valence-electron chi connectivity index (χ1n) is 9.18. The summed E-state index contributed by atoms with van der Waals surface area (Å²) >= 11 is 0. The molecule has 1 aromatic rings. The van der Waals surface area contributed by atoms with E-state index in [4.69, 9.17) is 9.47 Å². The summed E-state index contributed by atoms with van der Waals surface area (Å²) in [4.78, 5) is 16.5. The Balaban J connectivity index is 1.81. The number of rotatable bonds is 2. The maximum absolute atomic E-state index is 12.7. The number of hydrogen-bond donors (Lipinski definition) is 1. The lowest BCUT2D eigenvalue weighted by Crippen LogP contribution is -2.63. The number of carbonyl (C=O) groups is 1. The first-order chi connectivity index (χ1) is 12.1. The van der Waals surface area contributed by atoms with E-state index in [1.807, 2.05) is 64.0 Å². The molecule has 2 bridgehead atoms. The van der Waals surface area contributed by atoms with Gasteiger partial charge in [0, 0.05) is 32.6 Å². The van der Waals surface area contributed by atoms with E-state index in [1.54, 1.807) is 4.90 Å². The molecule has 2 atom stereocenters. The number of nitrogens with zero attached hydrogens (tertiary/aromatic N) is 2. The highest BCUT2D eigenvalue weighted by atomic mass is 16.6. The third-order valence-electron chi connectivity index (χ3n) is 5.08. The first kappa shape index (κ1) is 19.0. The van der Waals surface area contributed by atoms with Crippen LogP contribution in [-0.4, -0.2) is 61.1 Å². The summed E-state index contributed by atoms with van der Waals surface area (Å²) in [5.41, 5.74) is 0.487. The van der Waals surface area contributed by atoms with Crippen molar-refractivity contribution in [3.8, 4) is 0 Å². The van der Waals surface area contributed by atoms with Crippen molar-refractivity contribution in [2.24, 2.45) is 0 Å². The van der Waals surface area contributed by atoms with Crippen LogP contribution in [0.25, 0.3) is 0 Å². The molecule has 144 valence electrons. The van der Waals surface area contributed by atoms with Crippen LogP contribution in [0, 0.1) is 0 Å². The van der Waals surface area contributed by atoms with Crippen LogP contribution < -0.4 is 4.90 Å². The van der Waals surface area contributed by atoms with Gasteiger partial charge in [0.15, 0.2) is 0 Å². The zero-order valence-electron chi connectivity index (χ0n) is 16.4. The van der Waals surface area contributed by atoms with Crippen molar-refractivity contribution in [1.82, 2.24) is 4.90 Å². The van der Waals surface area contributed by atoms with Gasteiger partial charge in [-0.2, -0.15) is 0 Å². The number of hydrogen-bond acceptors (Lipinski definition) is 5. The van der Waals surface area contributed by atoms with E-state index < -0.39 is 11.2 Å². The van der Waals surface area contributed by atoms with Gasteiger partial charge in [0.1, 0.15) is 5.60 Å². The molecule has 2 unspecified atom stereocenters. The number of carbonyl (C=O) groups excluding carboxylic acids is 1. The molecular formula is C20H30N2O4. The second-order valence-electron chi connectivity index (χ2n) is 8.61. The van der Waals surface area contributed by atoms with Crippen LogP contribution in [0.4, 0.5) is 10.5 Å². The lowest BCUT2D eigenvalue weighted by molar-refractivity contribution is -0.141. The van der Waals surface area contributed by atoms with Gasteiger partial charge in [-0.1, -0.05) is 12.1 Å². The number of piperidine rings is 1. The highest BCUT2D eigenvalue weighted by Crippen LogP contribution is 2.41. The van der Waals surface area contributed by atoms with Crippen molar-refractivity contribution in [3.63, 3.8) is 0 Å². The van der Waals surface area contributed by atoms with E-state index in [2.05, 4.69) is 0 Å². The van der Waals surface area contributed by atoms with Crippen molar-refractivity contribution < 1.29 is 19.4 Å². The summed E-state index contributed by atoms with van der Waals surface area (Å²) in [6.07, 6.45) is 0.578. The molecule has 2 heterocycles. The second-order valence-corrected chi connectivity index (χ2v) is 8.61. The standard InChI is InChI=1S/C20H30N2O4/c1-19(2,3)26-18(23)22-16-10-20(24,11-17(22)13-25-12-16)14-6-8-15(9-7-14)21(4)5/h6-9,16-17,24H,10-13H2,1-5H3. The largest absolute Gasteiger partial charge is 0.444 e. The summed E-state index contributed by atoms with van der Waals surface area (Å²) in [6.45, 7) is 6.44. The average molecular weight is 362 g/mol. The van der Waals surface area contributed by atoms with Crippen LogP contribution in [0.1, 0.15) is 39.2 Å². The van der Waals surface area contributed by atoms with E-state index in [1.165, 1.54) is 0 Å². The molecule has 1 N–H and O–H groups in total. The highest BCUT2D eigenvalue weighted by Gasteiger charge is 2.49. The van der Waals surface area contributed by atoms with Gasteiger partial charge in [0.25, 0.3) is 0 Å². The molecule has 0 aromatic heterocycles. The fraction of sp³-hybridized carbons (Fsp3) is 0.650. The molecule has 0 saturated carbocycles. The summed E-state index contributed by atoms with van der Waals surface area (Å²) in [5, 5.41) is 11.4. The number of ether oxygens (including phenoxy) is 2. The van der Waals surface area contributed by atoms with Crippen molar-refractivity contribution in [2.45, 2.75) is 56.9 Å². The molecule has 1 amide bonds. The molecule has 6 heteroatoms. The number of amides is 1. The molecule has 0 spiro atoms. The van der Waals surface area contributed by atoms with Gasteiger partial charge >= 0.3 is 6.09 Å². The third kappa shape index (κ3) is 3.81. The van der Waals surface area contributed by atoms with Crippen molar-refractivity contribution >= 4 is 11.8 Å². The summed E-state index contributed by atoms with van der Waals surface area (Å²) < 4.78 is 11.2. The highest BCUT2D eigenvalue weighted by molar-refractivity contribution is 5.69. The number of aliphatic hydroxyl groups is 1. The molecule has 2 aliphatic rings. The van der Waals surface area contributed by atoms with Crippen LogP contribution in [0.2, 0.25) is 0 Å². The predicted octanol–water partition coefficient (Wildman–Crippen LogP) is 2.74. The van der Waals surface area contributed by atoms with Gasteiger partial charge in [0.2, 0.25) is 0 Å². The fourth-order valence-electron chi connectivity index (χ4n) is 3.89. The normalized spacial score (nSPS) is 28.6. The smallest absolute Gasteiger partial charge is 0.410 e. The van der Waals surface area contributed by atoms with Gasteiger partial charge in [-0.05, 0) is 38.5 Å². The van der Waals surface area contributed by atoms with Crippen LogP contribution in [0.15, 0.2) is 24.3 Å². The van der Waals surface area contributed by atoms with Gasteiger partial charge < -0.3 is 19.5 Å². The Bertz CT molecular complexity index is 637. The number of anilines is 1. The predicted molar refractivity (Wildman–Crippen MR) is 100 cm³/mol. The monoisotopic (exact) mass is 362 g/mol. The van der Waals surface area contributed by atoms with Gasteiger partial charge in [-0.25, -0.2) is 4.79 Å². The van der Waals surface area contributed by atoms with E-state index in [-0.39, 0.29) is 18.2 Å². The minimum atomic E-state index is -0.956. The van der Waals surface area contributed by atoms with E-state index in [9.17, 15) is 9.90 Å². The van der Waals surface area contributed by atoms with Gasteiger partial charge in [-0.15, -0.1) is 0 Å². The van der Waals surface area contributed by atoms with E-state index >= 15 is 0 Å². The number of benzene rings is 1. The SMILES string of the molecule is CN(C)c1ccc(C2(O)CC3COCC(C2)N3C(=O)OC(C)(C)C)cc1. The average Bonchev–Trinajstić information content (AvgIpc) is 2.52. The van der Waals surface area contributed by atoms with Crippen LogP contribution in [0.3, 0.4) is 0 Å². The molecule has 1 aromatic carbocycles. The first-order valence-corrected chi connectivity index (χ1v) is 9.18. The Morgan fingerprint density at radius 1 is 1.19 bits per heavy atom. The zero-order chi connectivity index (χ0) is 19.1. The number of fused-ring (bicyclic) bond motifs is 2. The lowest BCUT2D eigenvalue weighted by atomic mass is 9.77. The molecule has 0 radical (unpaired) electrons. The molecular weight excluding hydrogens is 332 g/mol. The maximum Gasteiger partial charge on any atom is 0.410 e. The molecule has 2 fully saturated rings.